The van der Waals surface area contributed by atoms with Gasteiger partial charge in [-0.2, -0.15) is 0 Å². The summed E-state index contributed by atoms with van der Waals surface area (Å²) in [5.74, 6) is -1.16. The number of aliphatic carboxylic acids is 1. The van der Waals surface area contributed by atoms with Crippen molar-refractivity contribution in [2.24, 2.45) is 11.7 Å². The number of carboxylic acid groups (broad SMARTS) is 1. The molecule has 0 spiro atoms. The van der Waals surface area contributed by atoms with E-state index in [2.05, 4.69) is 0 Å². The minimum Gasteiger partial charge on any atom is -0.479 e. The van der Waals surface area contributed by atoms with Crippen LogP contribution in [0, 0.1) is 5.92 Å². The average Bonchev–Trinajstić information content (AvgIpc) is 2.14. The molecule has 5 nitrogen and oxygen atoms in total. The Kier molecular flexibility index (Phi) is 5.07. The fraction of sp³-hybridized carbons (Fsp3) is 0.889. The summed E-state index contributed by atoms with van der Waals surface area (Å²) < 4.78 is 4.87. The second-order valence-electron chi connectivity index (χ2n) is 3.95. The lowest BCUT2D eigenvalue weighted by molar-refractivity contribution is -0.147. The molecular formula is C9H17BNO4. The molecule has 2 unspecified atom stereocenters. The van der Waals surface area contributed by atoms with Crippen LogP contribution in [0.2, 0.25) is 5.82 Å². The van der Waals surface area contributed by atoms with Gasteiger partial charge in [-0.3, -0.25) is 0 Å². The van der Waals surface area contributed by atoms with Gasteiger partial charge >= 0.3 is 13.5 Å². The molecule has 15 heavy (non-hydrogen) atoms. The summed E-state index contributed by atoms with van der Waals surface area (Å²) in [6.45, 7) is 0.00745. The number of aliphatic hydroxyl groups excluding tert-OH is 1. The highest BCUT2D eigenvalue weighted by molar-refractivity contribution is 6.30. The third-order valence-electron chi connectivity index (χ3n) is 2.86. The van der Waals surface area contributed by atoms with Crippen LogP contribution >= 0.6 is 0 Å². The highest BCUT2D eigenvalue weighted by atomic mass is 16.4. The van der Waals surface area contributed by atoms with Gasteiger partial charge in [-0.05, 0) is 18.2 Å². The number of hydrogen-bond acceptors (Lipinski definition) is 4. The molecule has 0 heterocycles. The Labute approximate surface area is 89.9 Å². The van der Waals surface area contributed by atoms with E-state index in [1.54, 1.807) is 0 Å². The van der Waals surface area contributed by atoms with Gasteiger partial charge in [0.1, 0.15) is 6.10 Å². The highest BCUT2D eigenvalue weighted by Gasteiger charge is 2.31. The highest BCUT2D eigenvalue weighted by Crippen LogP contribution is 2.35. The molecule has 0 aliphatic heterocycles. The summed E-state index contributed by atoms with van der Waals surface area (Å²) in [5.41, 5.74) is 5.15. The van der Waals surface area contributed by atoms with Crippen LogP contribution in [0.1, 0.15) is 25.7 Å². The first-order chi connectivity index (χ1) is 7.15. The Bertz CT molecular complexity index is 210. The van der Waals surface area contributed by atoms with Gasteiger partial charge in [0.15, 0.2) is 0 Å². The fourth-order valence-corrected chi connectivity index (χ4v) is 1.73. The van der Waals surface area contributed by atoms with Gasteiger partial charge < -0.3 is 20.6 Å². The van der Waals surface area contributed by atoms with Gasteiger partial charge in [0, 0.05) is 0 Å². The molecule has 1 saturated carbocycles. The zero-order valence-electron chi connectivity index (χ0n) is 8.63. The summed E-state index contributed by atoms with van der Waals surface area (Å²) in [6.07, 6.45) is 2.68. The van der Waals surface area contributed by atoms with Crippen LogP contribution in [0.15, 0.2) is 0 Å². The minimum atomic E-state index is -1.39. The summed E-state index contributed by atoms with van der Waals surface area (Å²) in [4.78, 5) is 10.6. The van der Waals surface area contributed by atoms with E-state index in [9.17, 15) is 9.90 Å². The Morgan fingerprint density at radius 3 is 2.67 bits per heavy atom. The van der Waals surface area contributed by atoms with Crippen molar-refractivity contribution in [3.8, 4) is 0 Å². The lowest BCUT2D eigenvalue weighted by atomic mass is 9.67. The second kappa shape index (κ2) is 6.10. The molecule has 0 saturated heterocycles. The maximum Gasteiger partial charge on any atom is 0.332 e. The standard InChI is InChI=1S/C9H17BNO4/c11-5-15-10-7(8(12)9(13)14)4-6-2-1-3-6/h6-8,12H,1-5,11H2,(H,13,14). The van der Waals surface area contributed by atoms with E-state index in [1.165, 1.54) is 13.9 Å². The van der Waals surface area contributed by atoms with E-state index in [0.717, 1.165) is 12.8 Å². The van der Waals surface area contributed by atoms with Gasteiger partial charge in [-0.1, -0.05) is 19.3 Å². The Morgan fingerprint density at radius 2 is 2.27 bits per heavy atom. The molecule has 0 aromatic rings. The molecular weight excluding hydrogens is 197 g/mol. The first-order valence-electron chi connectivity index (χ1n) is 5.21. The zero-order valence-corrected chi connectivity index (χ0v) is 8.63. The second-order valence-corrected chi connectivity index (χ2v) is 3.95. The average molecular weight is 214 g/mol. The van der Waals surface area contributed by atoms with Gasteiger partial charge in [0.25, 0.3) is 0 Å². The summed E-state index contributed by atoms with van der Waals surface area (Å²) in [7, 11) is 1.36. The van der Waals surface area contributed by atoms with E-state index < -0.39 is 17.9 Å². The normalized spacial score (nSPS) is 20.4. The summed E-state index contributed by atoms with van der Waals surface area (Å²) >= 11 is 0. The van der Waals surface area contributed by atoms with Crippen LogP contribution in [0.3, 0.4) is 0 Å². The molecule has 1 aliphatic rings. The van der Waals surface area contributed by atoms with E-state index in [4.69, 9.17) is 15.5 Å². The van der Waals surface area contributed by atoms with E-state index in [-0.39, 0.29) is 6.73 Å². The van der Waals surface area contributed by atoms with E-state index in [0.29, 0.717) is 12.3 Å². The lowest BCUT2D eigenvalue weighted by Crippen LogP contribution is -2.33. The van der Waals surface area contributed by atoms with E-state index >= 15 is 0 Å². The number of rotatable bonds is 7. The first-order valence-corrected chi connectivity index (χ1v) is 5.21. The largest absolute Gasteiger partial charge is 0.479 e. The van der Waals surface area contributed by atoms with Gasteiger partial charge in [0.2, 0.25) is 0 Å². The van der Waals surface area contributed by atoms with Crippen molar-refractivity contribution >= 4 is 13.5 Å². The van der Waals surface area contributed by atoms with Crippen LogP contribution in [0.4, 0.5) is 0 Å². The monoisotopic (exact) mass is 214 g/mol. The smallest absolute Gasteiger partial charge is 0.332 e. The molecule has 1 rings (SSSR count). The van der Waals surface area contributed by atoms with Crippen molar-refractivity contribution in [1.29, 1.82) is 0 Å². The van der Waals surface area contributed by atoms with Gasteiger partial charge in [0.05, 0.1) is 6.73 Å². The van der Waals surface area contributed by atoms with Crippen molar-refractivity contribution < 1.29 is 19.7 Å². The SMILES string of the molecule is NCO[B]C(CC1CCC1)C(O)C(=O)O. The maximum atomic E-state index is 10.6. The summed E-state index contributed by atoms with van der Waals surface area (Å²) in [6, 6.07) is 0. The van der Waals surface area contributed by atoms with Crippen molar-refractivity contribution in [1.82, 2.24) is 0 Å². The third kappa shape index (κ3) is 3.81. The van der Waals surface area contributed by atoms with Gasteiger partial charge in [-0.15, -0.1) is 0 Å². The molecule has 0 aromatic heterocycles. The fourth-order valence-electron chi connectivity index (χ4n) is 1.73. The van der Waals surface area contributed by atoms with E-state index in [1.807, 2.05) is 0 Å². The molecule has 1 aliphatic carbocycles. The zero-order chi connectivity index (χ0) is 11.3. The van der Waals surface area contributed by atoms with Crippen LogP contribution in [0.25, 0.3) is 0 Å². The number of carboxylic acids is 1. The molecule has 4 N–H and O–H groups in total. The molecule has 1 fully saturated rings. The minimum absolute atomic E-state index is 0.00745. The Hall–Kier alpha value is -0.585. The van der Waals surface area contributed by atoms with Gasteiger partial charge in [-0.25, -0.2) is 4.79 Å². The van der Waals surface area contributed by atoms with Crippen LogP contribution in [0.5, 0.6) is 0 Å². The quantitative estimate of drug-likeness (QED) is 0.408. The van der Waals surface area contributed by atoms with Crippen molar-refractivity contribution in [2.45, 2.75) is 37.6 Å². The molecule has 1 radical (unpaired) electrons. The number of nitrogens with two attached hydrogens (primary N) is 1. The molecule has 2 atom stereocenters. The van der Waals surface area contributed by atoms with Crippen molar-refractivity contribution in [3.63, 3.8) is 0 Å². The predicted molar refractivity (Wildman–Crippen MR) is 55.2 cm³/mol. The molecule has 85 valence electrons. The number of hydrogen-bond donors (Lipinski definition) is 3. The Balaban J connectivity index is 2.39. The number of aliphatic hydroxyl groups is 1. The number of carbonyl (C=O) groups is 1. The summed E-state index contributed by atoms with van der Waals surface area (Å²) in [5, 5.41) is 18.1. The van der Waals surface area contributed by atoms with Crippen LogP contribution < -0.4 is 5.73 Å². The molecule has 0 amide bonds. The van der Waals surface area contributed by atoms with Crippen LogP contribution in [-0.2, 0) is 9.45 Å². The van der Waals surface area contributed by atoms with Crippen molar-refractivity contribution in [3.05, 3.63) is 0 Å². The van der Waals surface area contributed by atoms with Crippen molar-refractivity contribution in [2.75, 3.05) is 6.73 Å². The topological polar surface area (TPSA) is 92.8 Å². The predicted octanol–water partition coefficient (Wildman–Crippen LogP) is -0.0374. The molecule has 6 heteroatoms. The van der Waals surface area contributed by atoms with Crippen LogP contribution in [-0.4, -0.2) is 36.5 Å². The molecule has 0 bridgehead atoms. The Morgan fingerprint density at radius 1 is 1.60 bits per heavy atom. The third-order valence-corrected chi connectivity index (χ3v) is 2.86. The lowest BCUT2D eigenvalue weighted by Gasteiger charge is -2.30. The molecule has 0 aromatic carbocycles. The maximum absolute atomic E-state index is 10.6. The first kappa shape index (κ1) is 12.5.